The van der Waals surface area contributed by atoms with Gasteiger partial charge in [-0.1, -0.05) is 23.9 Å². The van der Waals surface area contributed by atoms with Gasteiger partial charge >= 0.3 is 0 Å². The number of nitrogens with one attached hydrogen (secondary N) is 1. The number of benzene rings is 1. The number of thioether (sulfide) groups is 1. The van der Waals surface area contributed by atoms with Crippen molar-refractivity contribution < 1.29 is 4.79 Å². The average Bonchev–Trinajstić information content (AvgIpc) is 3.60. The Labute approximate surface area is 160 Å². The van der Waals surface area contributed by atoms with Crippen LogP contribution < -0.4 is 10.9 Å². The second-order valence-electron chi connectivity index (χ2n) is 7.56. The van der Waals surface area contributed by atoms with E-state index in [0.29, 0.717) is 40.0 Å². The highest BCUT2D eigenvalue weighted by molar-refractivity contribution is 7.99. The standard InChI is InChI=1S/C19H21N5O2S/c1-23-17(26)13-4-2-3-5-14(13)24-18(23)21-22-19(24)27-10-15(25)20-16(11-6-7-11)12-8-9-12/h2-5,11-12,16H,6-10H2,1H3,(H,20,25). The van der Waals surface area contributed by atoms with Gasteiger partial charge in [-0.25, -0.2) is 0 Å². The number of hydrogen-bond donors (Lipinski definition) is 1. The number of hydrogen-bond acceptors (Lipinski definition) is 5. The van der Waals surface area contributed by atoms with Gasteiger partial charge < -0.3 is 5.32 Å². The number of aromatic nitrogens is 4. The quantitative estimate of drug-likeness (QED) is 0.658. The molecule has 5 rings (SSSR count). The normalized spacial score (nSPS) is 17.1. The van der Waals surface area contributed by atoms with Gasteiger partial charge in [-0.2, -0.15) is 0 Å². The summed E-state index contributed by atoms with van der Waals surface area (Å²) in [5.74, 6) is 2.19. The lowest BCUT2D eigenvalue weighted by molar-refractivity contribution is -0.119. The van der Waals surface area contributed by atoms with E-state index in [1.807, 2.05) is 22.6 Å². The van der Waals surface area contributed by atoms with Crippen LogP contribution in [0.4, 0.5) is 0 Å². The van der Waals surface area contributed by atoms with Crippen molar-refractivity contribution >= 4 is 34.3 Å². The van der Waals surface area contributed by atoms with Gasteiger partial charge in [-0.3, -0.25) is 18.6 Å². The van der Waals surface area contributed by atoms with Crippen molar-refractivity contribution in [3.63, 3.8) is 0 Å². The molecule has 27 heavy (non-hydrogen) atoms. The highest BCUT2D eigenvalue weighted by Gasteiger charge is 2.42. The Morgan fingerprint density at radius 3 is 2.63 bits per heavy atom. The molecule has 0 aliphatic heterocycles. The zero-order chi connectivity index (χ0) is 18.5. The molecule has 3 aromatic rings. The Morgan fingerprint density at radius 2 is 1.93 bits per heavy atom. The van der Waals surface area contributed by atoms with Crippen molar-refractivity contribution in [3.8, 4) is 0 Å². The molecule has 140 valence electrons. The SMILES string of the molecule is Cn1c(=O)c2ccccc2n2c(SCC(=O)NC(C3CC3)C3CC3)nnc12. The summed E-state index contributed by atoms with van der Waals surface area (Å²) in [5.41, 5.74) is 0.661. The number of carbonyl (C=O) groups excluding carboxylic acids is 1. The number of amides is 1. The molecule has 0 atom stereocenters. The van der Waals surface area contributed by atoms with Crippen LogP contribution in [0.15, 0.2) is 34.2 Å². The van der Waals surface area contributed by atoms with E-state index < -0.39 is 0 Å². The molecule has 0 radical (unpaired) electrons. The van der Waals surface area contributed by atoms with E-state index in [9.17, 15) is 9.59 Å². The second-order valence-corrected chi connectivity index (χ2v) is 8.50. The third-order valence-corrected chi connectivity index (χ3v) is 6.44. The van der Waals surface area contributed by atoms with Crippen molar-refractivity contribution in [3.05, 3.63) is 34.6 Å². The van der Waals surface area contributed by atoms with Crippen LogP contribution in [0.2, 0.25) is 0 Å². The van der Waals surface area contributed by atoms with Gasteiger partial charge in [0.1, 0.15) is 0 Å². The van der Waals surface area contributed by atoms with Gasteiger partial charge in [0.05, 0.1) is 16.7 Å². The molecule has 2 saturated carbocycles. The predicted octanol–water partition coefficient (Wildman–Crippen LogP) is 1.98. The molecule has 1 amide bonds. The van der Waals surface area contributed by atoms with E-state index in [0.717, 1.165) is 5.52 Å². The Hall–Kier alpha value is -2.35. The zero-order valence-electron chi connectivity index (χ0n) is 15.1. The molecule has 7 nitrogen and oxygen atoms in total. The van der Waals surface area contributed by atoms with Crippen molar-refractivity contribution in [1.82, 2.24) is 24.5 Å². The fourth-order valence-electron chi connectivity index (χ4n) is 3.79. The first kappa shape index (κ1) is 16.8. The van der Waals surface area contributed by atoms with Crippen LogP contribution in [0.5, 0.6) is 0 Å². The number of nitrogens with zero attached hydrogens (tertiary/aromatic N) is 4. The van der Waals surface area contributed by atoms with Gasteiger partial charge in [0, 0.05) is 13.1 Å². The molecule has 2 aromatic heterocycles. The Kier molecular flexibility index (Phi) is 3.96. The first-order chi connectivity index (χ1) is 13.1. The van der Waals surface area contributed by atoms with Crippen LogP contribution in [-0.2, 0) is 11.8 Å². The minimum Gasteiger partial charge on any atom is -0.352 e. The third kappa shape index (κ3) is 3.01. The van der Waals surface area contributed by atoms with E-state index >= 15 is 0 Å². The summed E-state index contributed by atoms with van der Waals surface area (Å²) < 4.78 is 3.35. The highest BCUT2D eigenvalue weighted by Crippen LogP contribution is 2.44. The summed E-state index contributed by atoms with van der Waals surface area (Å²) in [4.78, 5) is 25.0. The molecular weight excluding hydrogens is 362 g/mol. The minimum atomic E-state index is -0.100. The fraction of sp³-hybridized carbons (Fsp3) is 0.474. The van der Waals surface area contributed by atoms with Gasteiger partial charge in [0.2, 0.25) is 11.7 Å². The lowest BCUT2D eigenvalue weighted by Gasteiger charge is -2.17. The van der Waals surface area contributed by atoms with Crippen LogP contribution in [0, 0.1) is 11.8 Å². The summed E-state index contributed by atoms with van der Waals surface area (Å²) in [5, 5.41) is 12.9. The molecule has 1 aromatic carbocycles. The van der Waals surface area contributed by atoms with Crippen molar-refractivity contribution in [2.75, 3.05) is 5.75 Å². The van der Waals surface area contributed by atoms with Crippen LogP contribution in [0.25, 0.3) is 16.7 Å². The zero-order valence-corrected chi connectivity index (χ0v) is 15.9. The summed E-state index contributed by atoms with van der Waals surface area (Å²) in [7, 11) is 1.69. The molecule has 0 saturated heterocycles. The molecule has 0 spiro atoms. The van der Waals surface area contributed by atoms with Crippen molar-refractivity contribution in [2.24, 2.45) is 18.9 Å². The minimum absolute atomic E-state index is 0.0506. The molecule has 2 fully saturated rings. The summed E-state index contributed by atoms with van der Waals surface area (Å²) in [6.45, 7) is 0. The van der Waals surface area contributed by atoms with E-state index in [1.54, 1.807) is 13.1 Å². The molecule has 2 aliphatic rings. The van der Waals surface area contributed by atoms with Crippen LogP contribution in [-0.4, -0.2) is 36.9 Å². The number of rotatable bonds is 6. The molecule has 2 aliphatic carbocycles. The molecule has 0 unspecified atom stereocenters. The van der Waals surface area contributed by atoms with Gasteiger partial charge in [-0.15, -0.1) is 10.2 Å². The van der Waals surface area contributed by atoms with E-state index in [2.05, 4.69) is 15.5 Å². The first-order valence-corrected chi connectivity index (χ1v) is 10.4. The smallest absolute Gasteiger partial charge is 0.262 e. The number of aryl methyl sites for hydroxylation is 1. The van der Waals surface area contributed by atoms with Crippen LogP contribution in [0.3, 0.4) is 0 Å². The van der Waals surface area contributed by atoms with Gasteiger partial charge in [0.25, 0.3) is 5.56 Å². The largest absolute Gasteiger partial charge is 0.352 e. The van der Waals surface area contributed by atoms with E-state index in [-0.39, 0.29) is 11.5 Å². The molecule has 1 N–H and O–H groups in total. The van der Waals surface area contributed by atoms with Gasteiger partial charge in [0.15, 0.2) is 5.16 Å². The average molecular weight is 383 g/mol. The summed E-state index contributed by atoms with van der Waals surface area (Å²) in [6.07, 6.45) is 4.96. The fourth-order valence-corrected chi connectivity index (χ4v) is 4.54. The monoisotopic (exact) mass is 383 g/mol. The number of carbonyl (C=O) groups is 1. The lowest BCUT2D eigenvalue weighted by atomic mass is 10.1. The van der Waals surface area contributed by atoms with Crippen molar-refractivity contribution in [1.29, 1.82) is 0 Å². The molecule has 0 bridgehead atoms. The first-order valence-electron chi connectivity index (χ1n) is 9.38. The highest BCUT2D eigenvalue weighted by atomic mass is 32.2. The summed E-state index contributed by atoms with van der Waals surface area (Å²) >= 11 is 1.36. The Balaban J connectivity index is 1.40. The maximum atomic E-state index is 12.5. The van der Waals surface area contributed by atoms with Crippen molar-refractivity contribution in [2.45, 2.75) is 36.9 Å². The maximum absolute atomic E-state index is 12.5. The summed E-state index contributed by atoms with van der Waals surface area (Å²) in [6, 6.07) is 7.77. The molecule has 2 heterocycles. The second kappa shape index (κ2) is 6.37. The topological polar surface area (TPSA) is 81.3 Å². The Bertz CT molecular complexity index is 1080. The maximum Gasteiger partial charge on any atom is 0.262 e. The molecule has 8 heteroatoms. The lowest BCUT2D eigenvalue weighted by Crippen LogP contribution is -2.39. The Morgan fingerprint density at radius 1 is 1.22 bits per heavy atom. The number of fused-ring (bicyclic) bond motifs is 3. The van der Waals surface area contributed by atoms with Gasteiger partial charge in [-0.05, 0) is 49.7 Å². The molecular formula is C19H21N5O2S. The van der Waals surface area contributed by atoms with Crippen LogP contribution >= 0.6 is 11.8 Å². The van der Waals surface area contributed by atoms with Crippen LogP contribution in [0.1, 0.15) is 25.7 Å². The third-order valence-electron chi connectivity index (χ3n) is 5.52. The van der Waals surface area contributed by atoms with E-state index in [4.69, 9.17) is 0 Å². The number of para-hydroxylation sites is 1. The predicted molar refractivity (Wildman–Crippen MR) is 104 cm³/mol. The van der Waals surface area contributed by atoms with E-state index in [1.165, 1.54) is 42.0 Å².